The van der Waals surface area contributed by atoms with Gasteiger partial charge in [-0.1, -0.05) is 39.0 Å². The molecule has 2 aliphatic heterocycles. The molecular weight excluding hydrogens is 424 g/mol. The van der Waals surface area contributed by atoms with Crippen LogP contribution in [0.4, 0.5) is 11.4 Å². The van der Waals surface area contributed by atoms with E-state index in [1.807, 2.05) is 41.8 Å². The minimum absolute atomic E-state index is 0.0238. The Labute approximate surface area is 190 Å². The molecule has 0 saturated heterocycles. The number of nitrogens with zero attached hydrogens (tertiary/aromatic N) is 1. The van der Waals surface area contributed by atoms with Gasteiger partial charge in [-0.05, 0) is 46.7 Å². The Hall–Kier alpha value is -3.58. The predicted octanol–water partition coefficient (Wildman–Crippen LogP) is 5.17. The molecule has 0 aliphatic carbocycles. The van der Waals surface area contributed by atoms with Crippen LogP contribution in [0.1, 0.15) is 31.2 Å². The quantitative estimate of drug-likeness (QED) is 0.560. The van der Waals surface area contributed by atoms with Crippen LogP contribution >= 0.6 is 11.3 Å². The molecule has 7 heteroatoms. The van der Waals surface area contributed by atoms with E-state index in [1.165, 1.54) is 16.2 Å². The highest BCUT2D eigenvalue weighted by Crippen LogP contribution is 2.38. The van der Waals surface area contributed by atoms with Crippen LogP contribution in [-0.4, -0.2) is 18.6 Å². The van der Waals surface area contributed by atoms with Crippen molar-refractivity contribution >= 4 is 40.1 Å². The van der Waals surface area contributed by atoms with Crippen molar-refractivity contribution in [1.82, 2.24) is 0 Å². The number of fused-ring (bicyclic) bond motifs is 1. The summed E-state index contributed by atoms with van der Waals surface area (Å²) in [6.07, 6.45) is 0. The summed E-state index contributed by atoms with van der Waals surface area (Å²) in [5.74, 6) is 0.515. The Bertz CT molecular complexity index is 1240. The smallest absolute Gasteiger partial charge is 0.282 e. The van der Waals surface area contributed by atoms with Crippen LogP contribution in [0, 0.1) is 0 Å². The van der Waals surface area contributed by atoms with Gasteiger partial charge in [-0.2, -0.15) is 0 Å². The molecule has 3 aromatic rings. The van der Waals surface area contributed by atoms with Gasteiger partial charge in [0.25, 0.3) is 11.8 Å². The fourth-order valence-corrected chi connectivity index (χ4v) is 4.53. The molecule has 6 nitrogen and oxygen atoms in total. The lowest BCUT2D eigenvalue weighted by Gasteiger charge is -2.21. The number of carbonyl (C=O) groups is 2. The van der Waals surface area contributed by atoms with Crippen molar-refractivity contribution in [2.75, 3.05) is 17.0 Å². The van der Waals surface area contributed by atoms with Crippen LogP contribution in [0.25, 0.3) is 5.57 Å². The molecule has 0 unspecified atom stereocenters. The summed E-state index contributed by atoms with van der Waals surface area (Å²) in [5, 5.41) is 5.05. The van der Waals surface area contributed by atoms with E-state index in [0.29, 0.717) is 28.4 Å². The number of anilines is 2. The van der Waals surface area contributed by atoms with Crippen molar-refractivity contribution in [1.29, 1.82) is 0 Å². The fraction of sp³-hybridized carbons (Fsp3) is 0.200. The van der Waals surface area contributed by atoms with E-state index in [9.17, 15) is 9.59 Å². The third kappa shape index (κ3) is 3.44. The highest BCUT2D eigenvalue weighted by molar-refractivity contribution is 7.11. The second-order valence-electron chi connectivity index (χ2n) is 8.66. The molecule has 32 heavy (non-hydrogen) atoms. The number of carbonyl (C=O) groups excluding carboxylic acids is 2. The van der Waals surface area contributed by atoms with Crippen molar-refractivity contribution < 1.29 is 19.1 Å². The van der Waals surface area contributed by atoms with E-state index >= 15 is 0 Å². The Morgan fingerprint density at radius 2 is 1.69 bits per heavy atom. The molecule has 1 N–H and O–H groups in total. The molecule has 0 bridgehead atoms. The second-order valence-corrected chi connectivity index (χ2v) is 9.61. The topological polar surface area (TPSA) is 67.9 Å². The molecular formula is C25H22N2O4S. The lowest BCUT2D eigenvalue weighted by Crippen LogP contribution is -2.32. The van der Waals surface area contributed by atoms with Gasteiger partial charge in [0.2, 0.25) is 6.79 Å². The Morgan fingerprint density at radius 1 is 0.938 bits per heavy atom. The number of rotatable bonds is 4. The largest absolute Gasteiger partial charge is 0.454 e. The first kappa shape index (κ1) is 20.3. The summed E-state index contributed by atoms with van der Waals surface area (Å²) in [4.78, 5) is 28.9. The minimum Gasteiger partial charge on any atom is -0.454 e. The highest BCUT2D eigenvalue weighted by atomic mass is 32.1. The lowest BCUT2D eigenvalue weighted by molar-refractivity contribution is -0.120. The number of hydrogen-bond acceptors (Lipinski definition) is 6. The molecule has 0 fully saturated rings. The summed E-state index contributed by atoms with van der Waals surface area (Å²) >= 11 is 1.42. The summed E-state index contributed by atoms with van der Waals surface area (Å²) in [6, 6.07) is 16.6. The van der Waals surface area contributed by atoms with E-state index in [0.717, 1.165) is 10.4 Å². The van der Waals surface area contributed by atoms with Crippen LogP contribution in [0.5, 0.6) is 11.5 Å². The van der Waals surface area contributed by atoms with E-state index in [1.54, 1.807) is 18.2 Å². The molecule has 5 rings (SSSR count). The van der Waals surface area contributed by atoms with Gasteiger partial charge in [-0.25, -0.2) is 4.90 Å². The van der Waals surface area contributed by atoms with Crippen LogP contribution < -0.4 is 19.7 Å². The third-order valence-corrected chi connectivity index (χ3v) is 6.37. The number of nitrogens with one attached hydrogen (secondary N) is 1. The first-order valence-corrected chi connectivity index (χ1v) is 11.1. The number of benzene rings is 2. The van der Waals surface area contributed by atoms with Crippen LogP contribution in [-0.2, 0) is 15.0 Å². The lowest BCUT2D eigenvalue weighted by atomic mass is 9.87. The number of ether oxygens (including phenoxy) is 2. The molecule has 1 aromatic heterocycles. The standard InChI is InChI=1S/C25H22N2O4S/c1-25(2,3)15-6-9-17(10-7-15)27-23(28)21(20-5-4-12-32-20)22(24(27)29)26-16-8-11-18-19(13-16)31-14-30-18/h4-13,26H,14H2,1-3H3. The molecule has 162 valence electrons. The summed E-state index contributed by atoms with van der Waals surface area (Å²) < 4.78 is 10.8. The molecule has 0 atom stereocenters. The first-order chi connectivity index (χ1) is 15.3. The molecule has 0 saturated carbocycles. The van der Waals surface area contributed by atoms with Crippen molar-refractivity contribution in [3.63, 3.8) is 0 Å². The number of hydrogen-bond donors (Lipinski definition) is 1. The van der Waals surface area contributed by atoms with Gasteiger partial charge in [0.1, 0.15) is 5.70 Å². The SMILES string of the molecule is CC(C)(C)c1ccc(N2C(=O)C(Nc3ccc4c(c3)OCO4)=C(c3cccs3)C2=O)cc1. The number of imide groups is 1. The predicted molar refractivity (Wildman–Crippen MR) is 125 cm³/mol. The van der Waals surface area contributed by atoms with Gasteiger partial charge in [-0.3, -0.25) is 9.59 Å². The molecule has 3 heterocycles. The Kier molecular flexibility index (Phi) is 4.78. The molecule has 0 radical (unpaired) electrons. The minimum atomic E-state index is -0.389. The normalized spacial score (nSPS) is 15.7. The maximum Gasteiger partial charge on any atom is 0.282 e. The van der Waals surface area contributed by atoms with Crippen LogP contribution in [0.2, 0.25) is 0 Å². The molecule has 2 aliphatic rings. The van der Waals surface area contributed by atoms with E-state index < -0.39 is 0 Å². The first-order valence-electron chi connectivity index (χ1n) is 10.3. The maximum absolute atomic E-state index is 13.5. The zero-order chi connectivity index (χ0) is 22.5. The summed E-state index contributed by atoms with van der Waals surface area (Å²) in [5.41, 5.74) is 2.91. The van der Waals surface area contributed by atoms with Crippen molar-refractivity contribution in [3.05, 3.63) is 76.1 Å². The van der Waals surface area contributed by atoms with Gasteiger partial charge in [0, 0.05) is 16.6 Å². The molecule has 2 aromatic carbocycles. The third-order valence-electron chi connectivity index (χ3n) is 5.48. The average Bonchev–Trinajstić information content (AvgIpc) is 3.48. The van der Waals surface area contributed by atoms with Crippen LogP contribution in [0.3, 0.4) is 0 Å². The summed E-state index contributed by atoms with van der Waals surface area (Å²) in [6.45, 7) is 6.53. The number of thiophene rings is 1. The zero-order valence-electron chi connectivity index (χ0n) is 18.0. The van der Waals surface area contributed by atoms with Gasteiger partial charge < -0.3 is 14.8 Å². The Morgan fingerprint density at radius 3 is 2.38 bits per heavy atom. The molecule has 2 amide bonds. The average molecular weight is 447 g/mol. The van der Waals surface area contributed by atoms with Crippen molar-refractivity contribution in [2.45, 2.75) is 26.2 Å². The monoisotopic (exact) mass is 446 g/mol. The van der Waals surface area contributed by atoms with Crippen molar-refractivity contribution in [3.8, 4) is 11.5 Å². The maximum atomic E-state index is 13.5. The molecule has 0 spiro atoms. The van der Waals surface area contributed by atoms with Gasteiger partial charge in [0.05, 0.1) is 11.3 Å². The van der Waals surface area contributed by atoms with E-state index in [2.05, 4.69) is 26.1 Å². The van der Waals surface area contributed by atoms with Gasteiger partial charge in [0.15, 0.2) is 11.5 Å². The Balaban J connectivity index is 1.53. The van der Waals surface area contributed by atoms with Gasteiger partial charge in [-0.15, -0.1) is 11.3 Å². The van der Waals surface area contributed by atoms with E-state index in [4.69, 9.17) is 9.47 Å². The van der Waals surface area contributed by atoms with Crippen molar-refractivity contribution in [2.24, 2.45) is 0 Å². The number of amides is 2. The zero-order valence-corrected chi connectivity index (χ0v) is 18.8. The van der Waals surface area contributed by atoms with Crippen LogP contribution in [0.15, 0.2) is 65.7 Å². The highest BCUT2D eigenvalue weighted by Gasteiger charge is 2.41. The fourth-order valence-electron chi connectivity index (χ4n) is 3.76. The van der Waals surface area contributed by atoms with E-state index in [-0.39, 0.29) is 29.7 Å². The summed E-state index contributed by atoms with van der Waals surface area (Å²) in [7, 11) is 0. The van der Waals surface area contributed by atoms with Gasteiger partial charge >= 0.3 is 0 Å². The second kappa shape index (κ2) is 7.53.